The number of pyridine rings is 1. The van der Waals surface area contributed by atoms with E-state index in [1.54, 1.807) is 18.2 Å². The van der Waals surface area contributed by atoms with Gasteiger partial charge in [-0.3, -0.25) is 14.9 Å². The molecule has 0 atom stereocenters. The van der Waals surface area contributed by atoms with Crippen LogP contribution in [-0.4, -0.2) is 33.8 Å². The van der Waals surface area contributed by atoms with Crippen LogP contribution in [0.5, 0.6) is 0 Å². The molecule has 0 aliphatic carbocycles. The fourth-order valence-corrected chi connectivity index (χ4v) is 2.68. The van der Waals surface area contributed by atoms with Crippen LogP contribution in [0.25, 0.3) is 0 Å². The van der Waals surface area contributed by atoms with Crippen molar-refractivity contribution in [3.63, 3.8) is 0 Å². The van der Waals surface area contributed by atoms with E-state index >= 15 is 0 Å². The van der Waals surface area contributed by atoms with Crippen LogP contribution in [-0.2, 0) is 23.3 Å². The van der Waals surface area contributed by atoms with Crippen molar-refractivity contribution in [2.75, 3.05) is 5.32 Å². The minimum Gasteiger partial charge on any atom is -0.303 e. The molecule has 1 amide bonds. The van der Waals surface area contributed by atoms with Crippen molar-refractivity contribution in [1.82, 2.24) is 19.5 Å². The standard InChI is InChI=1S/C11H12N6O3S/c12-21(19,20)17-5-7-9(6-17)15-16-10(7)14-11(18)8-3-1-2-4-13-8/h1-4H,5-6H2,(H2,12,19,20)(H2,14,15,16,18). The van der Waals surface area contributed by atoms with Crippen molar-refractivity contribution < 1.29 is 13.2 Å². The average Bonchev–Trinajstić information content (AvgIpc) is 3.01. The summed E-state index contributed by atoms with van der Waals surface area (Å²) in [5.74, 6) is -0.134. The third kappa shape index (κ3) is 2.63. The van der Waals surface area contributed by atoms with Crippen molar-refractivity contribution >= 4 is 21.9 Å². The number of carbonyl (C=O) groups excluding carboxylic acids is 1. The van der Waals surface area contributed by atoms with Gasteiger partial charge in [0, 0.05) is 18.3 Å². The summed E-state index contributed by atoms with van der Waals surface area (Å²) < 4.78 is 23.7. The summed E-state index contributed by atoms with van der Waals surface area (Å²) in [6.45, 7) is 0.184. The molecule has 21 heavy (non-hydrogen) atoms. The molecular weight excluding hydrogens is 296 g/mol. The molecule has 0 spiro atoms. The Kier molecular flexibility index (Phi) is 3.20. The van der Waals surface area contributed by atoms with E-state index in [0.29, 0.717) is 11.3 Å². The molecule has 0 saturated heterocycles. The van der Waals surface area contributed by atoms with Crippen LogP contribution in [0, 0.1) is 0 Å². The maximum absolute atomic E-state index is 12.0. The molecule has 0 bridgehead atoms. The second-order valence-corrected chi connectivity index (χ2v) is 6.06. The first kappa shape index (κ1) is 13.7. The predicted octanol–water partition coefficient (Wildman–Crippen LogP) is -0.424. The maximum atomic E-state index is 12.0. The quantitative estimate of drug-likeness (QED) is 0.707. The first-order valence-electron chi connectivity index (χ1n) is 6.01. The van der Waals surface area contributed by atoms with Crippen molar-refractivity contribution in [3.05, 3.63) is 41.3 Å². The van der Waals surface area contributed by atoms with Crippen LogP contribution in [0.15, 0.2) is 24.4 Å². The van der Waals surface area contributed by atoms with Gasteiger partial charge in [0.2, 0.25) is 0 Å². The fraction of sp³-hybridized carbons (Fsp3) is 0.182. The number of rotatable bonds is 3. The van der Waals surface area contributed by atoms with Crippen LogP contribution in [0.3, 0.4) is 0 Å². The molecule has 0 aromatic carbocycles. The summed E-state index contributed by atoms with van der Waals surface area (Å²) in [4.78, 5) is 15.9. The number of nitrogens with zero attached hydrogens (tertiary/aromatic N) is 3. The number of hydrogen-bond acceptors (Lipinski definition) is 5. The number of H-pyrrole nitrogens is 1. The fourth-order valence-electron chi connectivity index (χ4n) is 2.06. The van der Waals surface area contributed by atoms with E-state index in [9.17, 15) is 13.2 Å². The second kappa shape index (κ2) is 4.91. The number of fused-ring (bicyclic) bond motifs is 1. The monoisotopic (exact) mass is 308 g/mol. The molecule has 10 heteroatoms. The zero-order chi connectivity index (χ0) is 15.0. The SMILES string of the molecule is NS(=O)(=O)N1Cc2[nH]nc(NC(=O)c3ccccn3)c2C1. The lowest BCUT2D eigenvalue weighted by molar-refractivity contribution is 0.102. The smallest absolute Gasteiger partial charge is 0.277 e. The van der Waals surface area contributed by atoms with E-state index in [4.69, 9.17) is 5.14 Å². The molecule has 1 aliphatic heterocycles. The lowest BCUT2D eigenvalue weighted by Crippen LogP contribution is -2.32. The second-order valence-electron chi connectivity index (χ2n) is 4.51. The predicted molar refractivity (Wildman–Crippen MR) is 73.1 cm³/mol. The maximum Gasteiger partial charge on any atom is 0.277 e. The first-order chi connectivity index (χ1) is 9.95. The molecule has 4 N–H and O–H groups in total. The number of aromatic amines is 1. The van der Waals surface area contributed by atoms with Gasteiger partial charge >= 0.3 is 0 Å². The topological polar surface area (TPSA) is 134 Å². The summed E-state index contributed by atoms with van der Waals surface area (Å²) >= 11 is 0. The van der Waals surface area contributed by atoms with E-state index in [0.717, 1.165) is 4.31 Å². The summed E-state index contributed by atoms with van der Waals surface area (Å²) in [5, 5.41) is 14.4. The Morgan fingerprint density at radius 1 is 1.38 bits per heavy atom. The number of anilines is 1. The molecule has 0 radical (unpaired) electrons. The molecule has 2 aromatic heterocycles. The van der Waals surface area contributed by atoms with Crippen LogP contribution in [0.4, 0.5) is 5.82 Å². The zero-order valence-electron chi connectivity index (χ0n) is 10.8. The summed E-state index contributed by atoms with van der Waals surface area (Å²) in [6, 6.07) is 4.96. The van der Waals surface area contributed by atoms with Crippen LogP contribution in [0.2, 0.25) is 0 Å². The Bertz CT molecular complexity index is 786. The van der Waals surface area contributed by atoms with Crippen LogP contribution < -0.4 is 10.5 Å². The van der Waals surface area contributed by atoms with Gasteiger partial charge in [0.1, 0.15) is 5.69 Å². The number of carbonyl (C=O) groups is 1. The molecule has 0 fully saturated rings. The van der Waals surface area contributed by atoms with E-state index in [-0.39, 0.29) is 24.6 Å². The van der Waals surface area contributed by atoms with Crippen molar-refractivity contribution in [2.45, 2.75) is 13.1 Å². The highest BCUT2D eigenvalue weighted by molar-refractivity contribution is 7.86. The Morgan fingerprint density at radius 2 is 2.19 bits per heavy atom. The molecule has 1 aliphatic rings. The van der Waals surface area contributed by atoms with Crippen LogP contribution in [0.1, 0.15) is 21.7 Å². The molecule has 0 unspecified atom stereocenters. The van der Waals surface area contributed by atoms with Gasteiger partial charge in [0.25, 0.3) is 16.1 Å². The Labute approximate surface area is 120 Å². The van der Waals surface area contributed by atoms with Crippen molar-refractivity contribution in [2.24, 2.45) is 5.14 Å². The summed E-state index contributed by atoms with van der Waals surface area (Å²) in [7, 11) is -3.78. The highest BCUT2D eigenvalue weighted by Gasteiger charge is 2.31. The molecular formula is C11H12N6O3S. The Balaban J connectivity index is 1.80. The highest BCUT2D eigenvalue weighted by atomic mass is 32.2. The molecule has 3 heterocycles. The largest absolute Gasteiger partial charge is 0.303 e. The lowest BCUT2D eigenvalue weighted by Gasteiger charge is -2.11. The first-order valence-corrected chi connectivity index (χ1v) is 7.52. The van der Waals surface area contributed by atoms with Gasteiger partial charge in [0.15, 0.2) is 5.82 Å². The van der Waals surface area contributed by atoms with Crippen molar-refractivity contribution in [3.8, 4) is 0 Å². The number of aromatic nitrogens is 3. The van der Waals surface area contributed by atoms with Gasteiger partial charge in [-0.05, 0) is 12.1 Å². The number of amides is 1. The number of nitrogens with one attached hydrogen (secondary N) is 2. The van der Waals surface area contributed by atoms with Gasteiger partial charge in [-0.1, -0.05) is 6.07 Å². The van der Waals surface area contributed by atoms with Gasteiger partial charge in [0.05, 0.1) is 12.2 Å². The van der Waals surface area contributed by atoms with Gasteiger partial charge < -0.3 is 5.32 Å². The lowest BCUT2D eigenvalue weighted by atomic mass is 10.2. The van der Waals surface area contributed by atoms with Crippen LogP contribution >= 0.6 is 0 Å². The normalized spacial score (nSPS) is 14.9. The van der Waals surface area contributed by atoms with Crippen molar-refractivity contribution in [1.29, 1.82) is 0 Å². The van der Waals surface area contributed by atoms with E-state index in [1.165, 1.54) is 6.20 Å². The average molecular weight is 308 g/mol. The van der Waals surface area contributed by atoms with E-state index in [2.05, 4.69) is 20.5 Å². The molecule has 110 valence electrons. The number of nitrogens with two attached hydrogens (primary N) is 1. The minimum atomic E-state index is -3.78. The zero-order valence-corrected chi connectivity index (χ0v) is 11.6. The van der Waals surface area contributed by atoms with Gasteiger partial charge in [-0.15, -0.1) is 0 Å². The molecule has 9 nitrogen and oxygen atoms in total. The van der Waals surface area contributed by atoms with Gasteiger partial charge in [-0.2, -0.15) is 17.8 Å². The highest BCUT2D eigenvalue weighted by Crippen LogP contribution is 2.28. The third-order valence-electron chi connectivity index (χ3n) is 3.11. The Morgan fingerprint density at radius 3 is 2.86 bits per heavy atom. The summed E-state index contributed by atoms with van der Waals surface area (Å²) in [6.07, 6.45) is 1.51. The molecule has 3 rings (SSSR count). The molecule has 0 saturated carbocycles. The molecule has 2 aromatic rings. The Hall–Kier alpha value is -2.30. The van der Waals surface area contributed by atoms with Gasteiger partial charge in [-0.25, -0.2) is 5.14 Å². The summed E-state index contributed by atoms with van der Waals surface area (Å²) in [5.41, 5.74) is 1.46. The van der Waals surface area contributed by atoms with E-state index in [1.807, 2.05) is 0 Å². The number of hydrogen-bond donors (Lipinski definition) is 3. The third-order valence-corrected chi connectivity index (χ3v) is 4.09. The minimum absolute atomic E-state index is 0.0719. The van der Waals surface area contributed by atoms with E-state index < -0.39 is 16.1 Å².